The summed E-state index contributed by atoms with van der Waals surface area (Å²) in [5.74, 6) is -0.362. The van der Waals surface area contributed by atoms with Crippen molar-refractivity contribution in [1.82, 2.24) is 9.55 Å². The van der Waals surface area contributed by atoms with Gasteiger partial charge in [-0.15, -0.1) is 22.7 Å². The van der Waals surface area contributed by atoms with E-state index in [2.05, 4.69) is 34.0 Å². The number of primary amides is 1. The van der Waals surface area contributed by atoms with Gasteiger partial charge in [0.2, 0.25) is 0 Å². The average molecular weight is 388 g/mol. The number of amides is 1. The zero-order chi connectivity index (χ0) is 18.5. The number of aromatic nitrogens is 2. The SMILES string of the molecule is CCCCCc1c(-c2nccs2)c(C(N)=O)c(C)n1CCc1cccs1. The van der Waals surface area contributed by atoms with E-state index in [1.165, 1.54) is 23.4 Å². The van der Waals surface area contributed by atoms with Gasteiger partial charge in [0, 0.05) is 40.0 Å². The Morgan fingerprint density at radius 2 is 2.08 bits per heavy atom. The van der Waals surface area contributed by atoms with Gasteiger partial charge in [-0.3, -0.25) is 4.79 Å². The Kier molecular flexibility index (Phi) is 6.27. The lowest BCUT2D eigenvalue weighted by Gasteiger charge is -2.12. The minimum absolute atomic E-state index is 0.362. The van der Waals surface area contributed by atoms with Crippen LogP contribution in [0.1, 0.15) is 52.8 Å². The number of carbonyl (C=O) groups excluding carboxylic acids is 1. The molecule has 0 atom stereocenters. The fourth-order valence-corrected chi connectivity index (χ4v) is 4.87. The summed E-state index contributed by atoms with van der Waals surface area (Å²) < 4.78 is 2.30. The highest BCUT2D eigenvalue weighted by molar-refractivity contribution is 7.13. The van der Waals surface area contributed by atoms with Crippen LogP contribution in [0.2, 0.25) is 0 Å². The molecule has 2 N–H and O–H groups in total. The number of rotatable bonds is 9. The molecule has 0 unspecified atom stereocenters. The first-order valence-electron chi connectivity index (χ1n) is 9.07. The van der Waals surface area contributed by atoms with Crippen LogP contribution in [0.15, 0.2) is 29.1 Å². The van der Waals surface area contributed by atoms with E-state index in [1.54, 1.807) is 28.9 Å². The van der Waals surface area contributed by atoms with Gasteiger partial charge in [0.25, 0.3) is 5.91 Å². The largest absolute Gasteiger partial charge is 0.366 e. The summed E-state index contributed by atoms with van der Waals surface area (Å²) in [5.41, 5.74) is 9.53. The van der Waals surface area contributed by atoms with Crippen molar-refractivity contribution < 1.29 is 4.79 Å². The number of hydrogen-bond donors (Lipinski definition) is 1. The fraction of sp³-hybridized carbons (Fsp3) is 0.400. The second-order valence-corrected chi connectivity index (χ2v) is 8.35. The van der Waals surface area contributed by atoms with Gasteiger partial charge in [-0.05, 0) is 37.6 Å². The molecule has 3 aromatic heterocycles. The van der Waals surface area contributed by atoms with E-state index in [9.17, 15) is 4.79 Å². The lowest BCUT2D eigenvalue weighted by atomic mass is 10.0. The van der Waals surface area contributed by atoms with Gasteiger partial charge in [-0.1, -0.05) is 25.8 Å². The van der Waals surface area contributed by atoms with Crippen molar-refractivity contribution >= 4 is 28.6 Å². The molecular weight excluding hydrogens is 362 g/mol. The van der Waals surface area contributed by atoms with Crippen molar-refractivity contribution in [2.75, 3.05) is 0 Å². The minimum Gasteiger partial charge on any atom is -0.366 e. The van der Waals surface area contributed by atoms with Crippen LogP contribution in [0.3, 0.4) is 0 Å². The summed E-state index contributed by atoms with van der Waals surface area (Å²) >= 11 is 3.34. The molecule has 3 heterocycles. The van der Waals surface area contributed by atoms with Gasteiger partial charge < -0.3 is 10.3 Å². The highest BCUT2D eigenvalue weighted by Gasteiger charge is 2.25. The molecule has 0 saturated carbocycles. The van der Waals surface area contributed by atoms with Gasteiger partial charge in [0.15, 0.2) is 0 Å². The normalized spacial score (nSPS) is 11.2. The molecule has 0 saturated heterocycles. The highest BCUT2D eigenvalue weighted by atomic mass is 32.1. The van der Waals surface area contributed by atoms with Crippen molar-refractivity contribution in [3.8, 4) is 10.6 Å². The van der Waals surface area contributed by atoms with Gasteiger partial charge in [0.1, 0.15) is 5.01 Å². The number of hydrogen-bond acceptors (Lipinski definition) is 4. The predicted molar refractivity (Wildman–Crippen MR) is 110 cm³/mol. The number of aryl methyl sites for hydroxylation is 1. The van der Waals surface area contributed by atoms with Gasteiger partial charge in [-0.2, -0.15) is 0 Å². The van der Waals surface area contributed by atoms with Gasteiger partial charge in [-0.25, -0.2) is 4.98 Å². The van der Waals surface area contributed by atoms with E-state index < -0.39 is 0 Å². The predicted octanol–water partition coefficient (Wildman–Crippen LogP) is 5.06. The highest BCUT2D eigenvalue weighted by Crippen LogP contribution is 2.35. The molecule has 0 fully saturated rings. The molecule has 0 aliphatic heterocycles. The summed E-state index contributed by atoms with van der Waals surface area (Å²) in [7, 11) is 0. The zero-order valence-electron chi connectivity index (χ0n) is 15.3. The molecule has 4 nitrogen and oxygen atoms in total. The Hall–Kier alpha value is -1.92. The number of nitrogens with two attached hydrogens (primary N) is 1. The maximum Gasteiger partial charge on any atom is 0.251 e. The molecule has 1 amide bonds. The number of thiophene rings is 1. The first-order chi connectivity index (χ1) is 12.6. The summed E-state index contributed by atoms with van der Waals surface area (Å²) in [6, 6.07) is 4.25. The maximum atomic E-state index is 12.3. The second kappa shape index (κ2) is 8.64. The molecule has 3 aromatic rings. The molecule has 0 radical (unpaired) electrons. The fourth-order valence-electron chi connectivity index (χ4n) is 3.46. The Balaban J connectivity index is 2.05. The molecule has 0 bridgehead atoms. The van der Waals surface area contributed by atoms with Crippen molar-refractivity contribution in [3.63, 3.8) is 0 Å². The van der Waals surface area contributed by atoms with E-state index in [1.807, 2.05) is 12.3 Å². The zero-order valence-corrected chi connectivity index (χ0v) is 17.0. The van der Waals surface area contributed by atoms with Crippen LogP contribution in [-0.2, 0) is 19.4 Å². The van der Waals surface area contributed by atoms with E-state index in [0.717, 1.165) is 42.1 Å². The second-order valence-electron chi connectivity index (χ2n) is 6.42. The third-order valence-corrected chi connectivity index (χ3v) is 6.43. The molecule has 26 heavy (non-hydrogen) atoms. The lowest BCUT2D eigenvalue weighted by Crippen LogP contribution is -2.13. The summed E-state index contributed by atoms with van der Waals surface area (Å²) in [6.07, 6.45) is 7.15. The van der Waals surface area contributed by atoms with E-state index in [0.29, 0.717) is 5.56 Å². The first-order valence-corrected chi connectivity index (χ1v) is 10.8. The van der Waals surface area contributed by atoms with Crippen LogP contribution in [0.25, 0.3) is 10.6 Å². The van der Waals surface area contributed by atoms with Crippen molar-refractivity contribution in [1.29, 1.82) is 0 Å². The molecule has 0 spiro atoms. The van der Waals surface area contributed by atoms with Crippen molar-refractivity contribution in [2.24, 2.45) is 5.73 Å². The Morgan fingerprint density at radius 3 is 2.69 bits per heavy atom. The molecule has 6 heteroatoms. The van der Waals surface area contributed by atoms with Crippen LogP contribution in [0, 0.1) is 6.92 Å². The summed E-state index contributed by atoms with van der Waals surface area (Å²) in [4.78, 5) is 18.1. The Labute approximate surface area is 162 Å². The molecule has 3 rings (SSSR count). The Morgan fingerprint density at radius 1 is 1.23 bits per heavy atom. The summed E-state index contributed by atoms with van der Waals surface area (Å²) in [5, 5.41) is 4.95. The first kappa shape index (κ1) is 18.9. The van der Waals surface area contributed by atoms with Crippen LogP contribution in [0.4, 0.5) is 0 Å². The van der Waals surface area contributed by atoms with E-state index >= 15 is 0 Å². The average Bonchev–Trinajstić information content (AvgIpc) is 3.34. The van der Waals surface area contributed by atoms with Crippen LogP contribution >= 0.6 is 22.7 Å². The van der Waals surface area contributed by atoms with E-state index in [4.69, 9.17) is 5.73 Å². The van der Waals surface area contributed by atoms with E-state index in [-0.39, 0.29) is 5.91 Å². The molecule has 0 aromatic carbocycles. The quantitative estimate of drug-likeness (QED) is 0.522. The van der Waals surface area contributed by atoms with Crippen LogP contribution in [-0.4, -0.2) is 15.5 Å². The maximum absolute atomic E-state index is 12.3. The molecule has 138 valence electrons. The number of nitrogens with zero attached hydrogens (tertiary/aromatic N) is 2. The van der Waals surface area contributed by atoms with Crippen molar-refractivity contribution in [2.45, 2.75) is 52.5 Å². The molecular formula is C20H25N3OS2. The number of unbranched alkanes of at least 4 members (excludes halogenated alkanes) is 2. The molecule has 0 aliphatic carbocycles. The standard InChI is InChI=1S/C20H25N3OS2/c1-3-4-5-8-16-18(20-22-10-13-26-20)17(19(21)24)14(2)23(16)11-9-15-7-6-12-25-15/h6-7,10,12-13H,3-5,8-9,11H2,1-2H3,(H2,21,24). The molecule has 0 aliphatic rings. The van der Waals surface area contributed by atoms with Gasteiger partial charge >= 0.3 is 0 Å². The lowest BCUT2D eigenvalue weighted by molar-refractivity contribution is 0.1000. The monoisotopic (exact) mass is 387 g/mol. The minimum atomic E-state index is -0.362. The topological polar surface area (TPSA) is 60.9 Å². The van der Waals surface area contributed by atoms with Gasteiger partial charge in [0.05, 0.1) is 5.56 Å². The third-order valence-electron chi connectivity index (χ3n) is 4.70. The summed E-state index contributed by atoms with van der Waals surface area (Å²) in [6.45, 7) is 5.08. The van der Waals surface area contributed by atoms with Crippen molar-refractivity contribution in [3.05, 3.63) is 50.9 Å². The smallest absolute Gasteiger partial charge is 0.251 e. The third kappa shape index (κ3) is 3.91. The number of thiazole rings is 1. The van der Waals surface area contributed by atoms with Crippen LogP contribution in [0.5, 0.6) is 0 Å². The van der Waals surface area contributed by atoms with Crippen LogP contribution < -0.4 is 5.73 Å². The number of carbonyl (C=O) groups is 1. The Bertz CT molecular complexity index is 848.